The van der Waals surface area contributed by atoms with Gasteiger partial charge >= 0.3 is 5.97 Å². The first-order valence-corrected chi connectivity index (χ1v) is 4.97. The van der Waals surface area contributed by atoms with Gasteiger partial charge in [-0.25, -0.2) is 0 Å². The maximum absolute atomic E-state index is 11.9. The monoisotopic (exact) mass is 252 g/mol. The summed E-state index contributed by atoms with van der Waals surface area (Å²) in [4.78, 5) is 23.5. The highest BCUT2D eigenvalue weighted by molar-refractivity contribution is 5.94. The second kappa shape index (κ2) is 6.42. The number of ether oxygens (including phenoxy) is 1. The largest absolute Gasteiger partial charge is 0.480 e. The maximum Gasteiger partial charge on any atom is 0.323 e. The Kier molecular flexibility index (Phi) is 4.90. The number of hydrogen-bond donors (Lipinski definition) is 1. The first kappa shape index (κ1) is 13.7. The van der Waals surface area contributed by atoms with E-state index >= 15 is 0 Å². The molecule has 96 valence electrons. The number of terminal acetylenes is 1. The van der Waals surface area contributed by atoms with E-state index in [1.807, 2.05) is 0 Å². The number of amides is 1. The molecular formula is C11H12N2O5. The Hall–Kier alpha value is -2.33. The quantitative estimate of drug-likeness (QED) is 0.715. The number of carboxylic acid groups (broad SMARTS) is 1. The van der Waals surface area contributed by atoms with Crippen LogP contribution in [0, 0.1) is 12.3 Å². The van der Waals surface area contributed by atoms with E-state index in [0.717, 1.165) is 4.90 Å². The molecule has 7 heteroatoms. The Labute approximate surface area is 103 Å². The summed E-state index contributed by atoms with van der Waals surface area (Å²) in [6, 6.07) is 1.39. The molecule has 18 heavy (non-hydrogen) atoms. The molecule has 1 N–H and O–H groups in total. The predicted octanol–water partition coefficient (Wildman–Crippen LogP) is -0.0190. The highest BCUT2D eigenvalue weighted by Crippen LogP contribution is 2.08. The minimum atomic E-state index is -1.15. The van der Waals surface area contributed by atoms with E-state index < -0.39 is 18.4 Å². The second-order valence-electron chi connectivity index (χ2n) is 3.37. The van der Waals surface area contributed by atoms with E-state index in [2.05, 4.69) is 11.1 Å². The molecule has 0 unspecified atom stereocenters. The smallest absolute Gasteiger partial charge is 0.323 e. The molecule has 0 fully saturated rings. The number of carbonyl (C=O) groups excluding carboxylic acids is 1. The average molecular weight is 252 g/mol. The van der Waals surface area contributed by atoms with Gasteiger partial charge in [-0.05, 0) is 0 Å². The van der Waals surface area contributed by atoms with Crippen molar-refractivity contribution >= 4 is 11.9 Å². The van der Waals surface area contributed by atoms with Crippen molar-refractivity contribution in [3.8, 4) is 12.3 Å². The van der Waals surface area contributed by atoms with Crippen molar-refractivity contribution in [3.05, 3.63) is 17.5 Å². The average Bonchev–Trinajstić information content (AvgIpc) is 2.76. The van der Waals surface area contributed by atoms with Gasteiger partial charge in [0.05, 0.1) is 6.54 Å². The topological polar surface area (TPSA) is 92.9 Å². The summed E-state index contributed by atoms with van der Waals surface area (Å²) in [5.41, 5.74) is -0.00134. The van der Waals surface area contributed by atoms with Crippen LogP contribution >= 0.6 is 0 Å². The van der Waals surface area contributed by atoms with E-state index in [-0.39, 0.29) is 18.8 Å². The fourth-order valence-electron chi connectivity index (χ4n) is 1.26. The number of carbonyl (C=O) groups is 2. The third-order valence-corrected chi connectivity index (χ3v) is 1.96. The van der Waals surface area contributed by atoms with Crippen molar-refractivity contribution in [1.82, 2.24) is 10.1 Å². The summed E-state index contributed by atoms with van der Waals surface area (Å²) in [5, 5.41) is 12.2. The van der Waals surface area contributed by atoms with Crippen LogP contribution in [0.25, 0.3) is 0 Å². The Morgan fingerprint density at radius 3 is 2.94 bits per heavy atom. The molecule has 0 radical (unpaired) electrons. The molecule has 0 aliphatic heterocycles. The Morgan fingerprint density at radius 2 is 2.39 bits per heavy atom. The van der Waals surface area contributed by atoms with Crippen molar-refractivity contribution in [2.24, 2.45) is 0 Å². The fourth-order valence-corrected chi connectivity index (χ4v) is 1.26. The number of nitrogens with zero attached hydrogens (tertiary/aromatic N) is 2. The maximum atomic E-state index is 11.9. The van der Waals surface area contributed by atoms with Gasteiger partial charge in [0.1, 0.15) is 13.2 Å². The van der Waals surface area contributed by atoms with Crippen LogP contribution in [-0.2, 0) is 16.1 Å². The summed E-state index contributed by atoms with van der Waals surface area (Å²) >= 11 is 0. The lowest BCUT2D eigenvalue weighted by Gasteiger charge is -2.15. The molecule has 7 nitrogen and oxygen atoms in total. The van der Waals surface area contributed by atoms with Gasteiger partial charge in [0.15, 0.2) is 11.5 Å². The molecule has 0 spiro atoms. The molecule has 0 aliphatic carbocycles. The third-order valence-electron chi connectivity index (χ3n) is 1.96. The number of rotatable bonds is 6. The Morgan fingerprint density at radius 1 is 1.67 bits per heavy atom. The fraction of sp³-hybridized carbons (Fsp3) is 0.364. The molecule has 0 aliphatic rings. The zero-order valence-electron chi connectivity index (χ0n) is 9.75. The number of hydrogen-bond acceptors (Lipinski definition) is 5. The van der Waals surface area contributed by atoms with Crippen molar-refractivity contribution < 1.29 is 24.0 Å². The van der Waals surface area contributed by atoms with Gasteiger partial charge < -0.3 is 19.3 Å². The van der Waals surface area contributed by atoms with Gasteiger partial charge in [0.25, 0.3) is 5.91 Å². The predicted molar refractivity (Wildman–Crippen MR) is 59.6 cm³/mol. The first-order chi connectivity index (χ1) is 8.58. The van der Waals surface area contributed by atoms with Gasteiger partial charge in [-0.1, -0.05) is 11.1 Å². The van der Waals surface area contributed by atoms with Gasteiger partial charge in [-0.15, -0.1) is 6.42 Å². The molecule has 1 amide bonds. The van der Waals surface area contributed by atoms with E-state index in [4.69, 9.17) is 20.8 Å². The summed E-state index contributed by atoms with van der Waals surface area (Å²) in [6.07, 6.45) is 5.07. The lowest BCUT2D eigenvalue weighted by Crippen LogP contribution is -2.36. The molecule has 0 aromatic carbocycles. The van der Waals surface area contributed by atoms with Crippen molar-refractivity contribution in [2.75, 3.05) is 20.2 Å². The standard InChI is InChI=1S/C11H12N2O5/c1-3-4-13(6-10(14)15)11(16)9-5-8(7-17-2)18-12-9/h1,5H,4,6-7H2,2H3,(H,14,15). The summed E-state index contributed by atoms with van der Waals surface area (Å²) in [6.45, 7) is -0.429. The molecule has 0 saturated heterocycles. The van der Waals surface area contributed by atoms with Gasteiger partial charge in [0.2, 0.25) is 0 Å². The van der Waals surface area contributed by atoms with Crippen LogP contribution in [0.4, 0.5) is 0 Å². The van der Waals surface area contributed by atoms with Gasteiger partial charge in [-0.3, -0.25) is 9.59 Å². The lowest BCUT2D eigenvalue weighted by molar-refractivity contribution is -0.137. The van der Waals surface area contributed by atoms with Crippen LogP contribution in [0.15, 0.2) is 10.6 Å². The molecule has 0 bridgehead atoms. The SMILES string of the molecule is C#CCN(CC(=O)O)C(=O)c1cc(COC)on1. The summed E-state index contributed by atoms with van der Waals surface area (Å²) in [7, 11) is 1.47. The van der Waals surface area contributed by atoms with E-state index in [0.29, 0.717) is 5.76 Å². The van der Waals surface area contributed by atoms with Crippen molar-refractivity contribution in [3.63, 3.8) is 0 Å². The first-order valence-electron chi connectivity index (χ1n) is 4.97. The minimum Gasteiger partial charge on any atom is -0.480 e. The van der Waals surface area contributed by atoms with Crippen LogP contribution in [0.2, 0.25) is 0 Å². The molecule has 1 aromatic heterocycles. The number of aliphatic carboxylic acids is 1. The third kappa shape index (κ3) is 3.61. The molecule has 1 aromatic rings. The van der Waals surface area contributed by atoms with Crippen molar-refractivity contribution in [1.29, 1.82) is 0 Å². The number of aromatic nitrogens is 1. The highest BCUT2D eigenvalue weighted by Gasteiger charge is 2.21. The lowest BCUT2D eigenvalue weighted by atomic mass is 10.3. The summed E-state index contributed by atoms with van der Waals surface area (Å²) in [5.74, 6) is 0.837. The minimum absolute atomic E-state index is 0.00134. The highest BCUT2D eigenvalue weighted by atomic mass is 16.5. The molecule has 1 rings (SSSR count). The Bertz CT molecular complexity index is 474. The zero-order chi connectivity index (χ0) is 13.5. The van der Waals surface area contributed by atoms with Crippen LogP contribution in [-0.4, -0.2) is 47.2 Å². The van der Waals surface area contributed by atoms with Crippen LogP contribution in [0.3, 0.4) is 0 Å². The molecule has 0 atom stereocenters. The molecular weight excluding hydrogens is 240 g/mol. The van der Waals surface area contributed by atoms with E-state index in [9.17, 15) is 9.59 Å². The zero-order valence-corrected chi connectivity index (χ0v) is 9.75. The normalized spacial score (nSPS) is 9.78. The number of carboxylic acids is 1. The Balaban J connectivity index is 2.81. The van der Waals surface area contributed by atoms with Crippen LogP contribution in [0.5, 0.6) is 0 Å². The van der Waals surface area contributed by atoms with Crippen LogP contribution < -0.4 is 0 Å². The molecule has 0 saturated carbocycles. The van der Waals surface area contributed by atoms with Gasteiger partial charge in [0, 0.05) is 13.2 Å². The molecule has 1 heterocycles. The second-order valence-corrected chi connectivity index (χ2v) is 3.37. The van der Waals surface area contributed by atoms with E-state index in [1.165, 1.54) is 13.2 Å². The van der Waals surface area contributed by atoms with E-state index in [1.54, 1.807) is 0 Å². The van der Waals surface area contributed by atoms with Gasteiger partial charge in [-0.2, -0.15) is 0 Å². The van der Waals surface area contributed by atoms with Crippen LogP contribution in [0.1, 0.15) is 16.2 Å². The number of methoxy groups -OCH3 is 1. The van der Waals surface area contributed by atoms with Crippen molar-refractivity contribution in [2.45, 2.75) is 6.61 Å². The summed E-state index contributed by atoms with van der Waals surface area (Å²) < 4.78 is 9.65.